The maximum absolute atomic E-state index is 13.4. The van der Waals surface area contributed by atoms with E-state index in [9.17, 15) is 23.6 Å². The lowest BCUT2D eigenvalue weighted by Crippen LogP contribution is -2.40. The fraction of sp³-hybridized carbons (Fsp3) is 0.208. The van der Waals surface area contributed by atoms with Gasteiger partial charge in [0.15, 0.2) is 0 Å². The van der Waals surface area contributed by atoms with Gasteiger partial charge in [0, 0.05) is 31.4 Å². The van der Waals surface area contributed by atoms with Gasteiger partial charge in [0.2, 0.25) is 5.88 Å². The van der Waals surface area contributed by atoms with Gasteiger partial charge in [0.1, 0.15) is 5.84 Å². The van der Waals surface area contributed by atoms with Crippen molar-refractivity contribution in [2.24, 2.45) is 5.10 Å². The number of aromatic nitrogens is 1. The van der Waals surface area contributed by atoms with Crippen molar-refractivity contribution in [2.45, 2.75) is 12.8 Å². The van der Waals surface area contributed by atoms with E-state index in [1.54, 1.807) is 31.3 Å². The summed E-state index contributed by atoms with van der Waals surface area (Å²) in [6.07, 6.45) is 4.40. The van der Waals surface area contributed by atoms with Gasteiger partial charge in [-0.15, -0.1) is 0 Å². The first-order valence-corrected chi connectivity index (χ1v) is 12.6. The van der Waals surface area contributed by atoms with Crippen LogP contribution in [0.3, 0.4) is 0 Å². The smallest absolute Gasteiger partial charge is 0.359 e. The van der Waals surface area contributed by atoms with Crippen molar-refractivity contribution in [2.75, 3.05) is 25.5 Å². The molecule has 0 aliphatic carbocycles. The van der Waals surface area contributed by atoms with Gasteiger partial charge in [0.25, 0.3) is 11.8 Å². The molecule has 0 fully saturated rings. The van der Waals surface area contributed by atoms with Crippen LogP contribution in [0.25, 0.3) is 0 Å². The minimum absolute atomic E-state index is 0.0116. The van der Waals surface area contributed by atoms with Crippen LogP contribution >= 0.6 is 11.6 Å². The van der Waals surface area contributed by atoms with Crippen molar-refractivity contribution in [3.63, 3.8) is 0 Å². The molecule has 2 unspecified atom stereocenters. The molecule has 4 N–H and O–H groups in total. The second-order valence-electron chi connectivity index (χ2n) is 8.20. The van der Waals surface area contributed by atoms with E-state index < -0.39 is 29.1 Å². The maximum atomic E-state index is 13.4. The fourth-order valence-corrected chi connectivity index (χ4v) is 4.63. The number of halogens is 1. The number of amidine groups is 1. The molecule has 1 aromatic heterocycles. The number of anilines is 1. The third kappa shape index (κ3) is 5.52. The van der Waals surface area contributed by atoms with Crippen LogP contribution in [0.5, 0.6) is 0 Å². The van der Waals surface area contributed by atoms with Crippen molar-refractivity contribution in [3.05, 3.63) is 81.5 Å². The molecule has 38 heavy (non-hydrogen) atoms. The third-order valence-electron chi connectivity index (χ3n) is 5.84. The van der Waals surface area contributed by atoms with E-state index in [0.717, 1.165) is 0 Å². The Hall–Kier alpha value is -4.25. The average molecular weight is 556 g/mol. The van der Waals surface area contributed by atoms with Gasteiger partial charge in [0.05, 0.1) is 46.1 Å². The second kappa shape index (κ2) is 11.4. The van der Waals surface area contributed by atoms with Gasteiger partial charge in [-0.2, -0.15) is 14.6 Å². The molecule has 2 amide bonds. The summed E-state index contributed by atoms with van der Waals surface area (Å²) in [5, 5.41) is 19.3. The Morgan fingerprint density at radius 1 is 1.34 bits per heavy atom. The van der Waals surface area contributed by atoms with Crippen LogP contribution < -0.4 is 16.1 Å². The highest BCUT2D eigenvalue weighted by molar-refractivity contribution is 7.74. The molecule has 2 atom stereocenters. The fourth-order valence-electron chi connectivity index (χ4n) is 4.08. The zero-order chi connectivity index (χ0) is 27.4. The van der Waals surface area contributed by atoms with E-state index in [4.69, 9.17) is 15.8 Å². The highest BCUT2D eigenvalue weighted by Gasteiger charge is 2.36. The number of hydrogen-bond donors (Lipinski definition) is 4. The van der Waals surface area contributed by atoms with Crippen LogP contribution in [0.1, 0.15) is 33.1 Å². The number of aryl methyl sites for hydroxylation is 1. The van der Waals surface area contributed by atoms with E-state index in [2.05, 4.69) is 26.1 Å². The van der Waals surface area contributed by atoms with Crippen molar-refractivity contribution >= 4 is 46.3 Å². The highest BCUT2D eigenvalue weighted by Crippen LogP contribution is 2.31. The van der Waals surface area contributed by atoms with Crippen LogP contribution in [0.4, 0.5) is 5.69 Å². The molecule has 2 aliphatic rings. The molecule has 0 saturated carbocycles. The Morgan fingerprint density at radius 3 is 2.82 bits per heavy atom. The lowest BCUT2D eigenvalue weighted by Gasteiger charge is -2.30. The normalized spacial score (nSPS) is 17.3. The molecule has 12 nitrogen and oxygen atoms in total. The lowest BCUT2D eigenvalue weighted by molar-refractivity contribution is -0.113. The Bertz CT molecular complexity index is 1470. The summed E-state index contributed by atoms with van der Waals surface area (Å²) >= 11 is 3.72. The first kappa shape index (κ1) is 26.8. The zero-order valence-electron chi connectivity index (χ0n) is 20.2. The number of rotatable bonds is 6. The predicted molar refractivity (Wildman–Crippen MR) is 140 cm³/mol. The van der Waals surface area contributed by atoms with Crippen molar-refractivity contribution in [3.8, 4) is 6.07 Å². The number of hydrogen-bond acceptors (Lipinski definition) is 9. The molecule has 0 saturated heterocycles. The topological polar surface area (TPSA) is 169 Å². The van der Waals surface area contributed by atoms with Gasteiger partial charge < -0.3 is 20.2 Å². The number of nitriles is 1. The van der Waals surface area contributed by atoms with Gasteiger partial charge in [-0.25, -0.2) is 0 Å². The molecular formula is C24H22ClN7O5S. The lowest BCUT2D eigenvalue weighted by atomic mass is 10.0. The Kier molecular flexibility index (Phi) is 8.06. The minimum atomic E-state index is -2.64. The summed E-state index contributed by atoms with van der Waals surface area (Å²) < 4.78 is 25.9. The number of hydrazone groups is 1. The van der Waals surface area contributed by atoms with E-state index >= 15 is 0 Å². The summed E-state index contributed by atoms with van der Waals surface area (Å²) in [5.74, 6) is -1.08. The maximum Gasteiger partial charge on any atom is 0.359 e. The molecule has 196 valence electrons. The zero-order valence-corrected chi connectivity index (χ0v) is 21.8. The second-order valence-corrected chi connectivity index (χ2v) is 9.21. The van der Waals surface area contributed by atoms with Crippen LogP contribution in [0.2, 0.25) is 5.02 Å². The minimum Gasteiger partial charge on any atom is -0.361 e. The van der Waals surface area contributed by atoms with Crippen LogP contribution in [0.15, 0.2) is 59.2 Å². The van der Waals surface area contributed by atoms with Crippen LogP contribution in [-0.4, -0.2) is 56.4 Å². The largest absolute Gasteiger partial charge is 0.361 e. The number of nitrogens with zero attached hydrogens (tertiary/aromatic N) is 4. The van der Waals surface area contributed by atoms with E-state index in [0.29, 0.717) is 28.7 Å². The Labute approximate surface area is 225 Å². The molecule has 0 spiro atoms. The van der Waals surface area contributed by atoms with E-state index in [-0.39, 0.29) is 34.8 Å². The summed E-state index contributed by atoms with van der Waals surface area (Å²) in [5.41, 5.74) is 4.84. The third-order valence-corrected chi connectivity index (χ3v) is 6.47. The Morgan fingerprint density at radius 2 is 2.13 bits per heavy atom. The van der Waals surface area contributed by atoms with Crippen molar-refractivity contribution in [1.82, 2.24) is 20.6 Å². The monoisotopic (exact) mass is 555 g/mol. The molecule has 2 aromatic rings. The molecule has 0 bridgehead atoms. The van der Waals surface area contributed by atoms with E-state index in [1.165, 1.54) is 30.2 Å². The standard InChI is InChI=1S/C24H22ClN7O5S/c1-13-8-14(10-26)9-16(24(34)27-2)20(13)30-23(33)15-5-6-19(37-38(35)36)32(12-15)22-17(11-29-31-22)21-18(25)4-3-7-28-21/h3-9,17,29H,11-12H2,1-2H3,(H,27,34)(H,30,33)(H,35,36). The van der Waals surface area contributed by atoms with Gasteiger partial charge in [-0.05, 0) is 42.8 Å². The van der Waals surface area contributed by atoms with Gasteiger partial charge >= 0.3 is 11.4 Å². The van der Waals surface area contributed by atoms with Crippen molar-refractivity contribution in [1.29, 1.82) is 5.26 Å². The van der Waals surface area contributed by atoms with Gasteiger partial charge in [-0.1, -0.05) is 11.6 Å². The number of nitrogens with one attached hydrogen (secondary N) is 3. The number of amides is 2. The number of pyridine rings is 1. The first-order chi connectivity index (χ1) is 18.2. The molecule has 1 aromatic carbocycles. The highest BCUT2D eigenvalue weighted by atomic mass is 35.5. The molecule has 2 aliphatic heterocycles. The van der Waals surface area contributed by atoms with Crippen LogP contribution in [-0.2, 0) is 20.3 Å². The number of carbonyl (C=O) groups excluding carboxylic acids is 2. The summed E-state index contributed by atoms with van der Waals surface area (Å²) in [6.45, 7) is 1.94. The molecule has 4 rings (SSSR count). The molecule has 14 heteroatoms. The summed E-state index contributed by atoms with van der Waals surface area (Å²) in [4.78, 5) is 31.7. The van der Waals surface area contributed by atoms with Gasteiger partial charge in [-0.3, -0.25) is 24.0 Å². The average Bonchev–Trinajstić information content (AvgIpc) is 3.38. The van der Waals surface area contributed by atoms with Crippen LogP contribution in [0, 0.1) is 18.3 Å². The SMILES string of the molecule is CNC(=O)c1cc(C#N)cc(C)c1NC(=O)C1=CC=C(OS(=O)O)N(C2=NNCC2c2ncccc2Cl)C1. The summed E-state index contributed by atoms with van der Waals surface area (Å²) in [6, 6.07) is 8.34. The number of carbonyl (C=O) groups is 2. The quantitative estimate of drug-likeness (QED) is 0.390. The van der Waals surface area contributed by atoms with Crippen molar-refractivity contribution < 1.29 is 22.5 Å². The predicted octanol–water partition coefficient (Wildman–Crippen LogP) is 2.15. The number of benzene rings is 1. The summed E-state index contributed by atoms with van der Waals surface area (Å²) in [7, 11) is 1.45. The first-order valence-electron chi connectivity index (χ1n) is 11.2. The molecule has 0 radical (unpaired) electrons. The van der Waals surface area contributed by atoms with E-state index in [1.807, 2.05) is 6.07 Å². The molecular weight excluding hydrogens is 534 g/mol. The number of allylic oxidation sites excluding steroid dienone is 2. The Balaban J connectivity index is 1.66. The molecule has 3 heterocycles.